The van der Waals surface area contributed by atoms with Crippen molar-refractivity contribution in [1.29, 1.82) is 0 Å². The molecule has 0 atom stereocenters. The van der Waals surface area contributed by atoms with Crippen LogP contribution in [0.1, 0.15) is 18.4 Å². The number of H-pyrrole nitrogens is 1. The van der Waals surface area contributed by atoms with Crippen molar-refractivity contribution in [3.8, 4) is 0 Å². The summed E-state index contributed by atoms with van der Waals surface area (Å²) in [6.45, 7) is 6.51. The summed E-state index contributed by atoms with van der Waals surface area (Å²) in [4.78, 5) is 3.29. The lowest BCUT2D eigenvalue weighted by atomic mass is 9.86. The first-order valence-electron chi connectivity index (χ1n) is 6.52. The molecule has 0 spiro atoms. The maximum atomic E-state index is 5.80. The van der Waals surface area contributed by atoms with Crippen LogP contribution < -0.4 is 11.1 Å². The second-order valence-corrected chi connectivity index (χ2v) is 5.06. The molecule has 1 aliphatic heterocycles. The molecule has 1 saturated heterocycles. The van der Waals surface area contributed by atoms with E-state index in [4.69, 9.17) is 5.73 Å². The molecule has 1 fully saturated rings. The van der Waals surface area contributed by atoms with Crippen molar-refractivity contribution < 1.29 is 0 Å². The number of allylic oxidation sites excluding steroid dienone is 1. The zero-order valence-corrected chi connectivity index (χ0v) is 10.5. The van der Waals surface area contributed by atoms with Crippen LogP contribution >= 0.6 is 0 Å². The number of nitrogens with two attached hydrogens (primary N) is 1. The third-order valence-electron chi connectivity index (χ3n) is 3.88. The second kappa shape index (κ2) is 4.50. The third kappa shape index (κ3) is 1.91. The topological polar surface area (TPSA) is 53.8 Å². The molecule has 3 rings (SSSR count). The summed E-state index contributed by atoms with van der Waals surface area (Å²) >= 11 is 0. The minimum Gasteiger partial charge on any atom is -0.399 e. The van der Waals surface area contributed by atoms with Gasteiger partial charge in [-0.1, -0.05) is 12.6 Å². The Morgan fingerprint density at radius 1 is 1.28 bits per heavy atom. The van der Waals surface area contributed by atoms with Gasteiger partial charge in [0, 0.05) is 28.4 Å². The molecule has 1 aromatic carbocycles. The Balaban J connectivity index is 1.96. The van der Waals surface area contributed by atoms with Crippen LogP contribution in [0.4, 0.5) is 5.69 Å². The number of piperidine rings is 1. The predicted molar refractivity (Wildman–Crippen MR) is 77.3 cm³/mol. The highest BCUT2D eigenvalue weighted by Crippen LogP contribution is 2.33. The number of anilines is 1. The maximum Gasteiger partial charge on any atom is 0.0480 e. The van der Waals surface area contributed by atoms with Gasteiger partial charge in [-0.05, 0) is 49.6 Å². The average molecular weight is 241 g/mol. The van der Waals surface area contributed by atoms with Crippen molar-refractivity contribution in [2.24, 2.45) is 5.92 Å². The Morgan fingerprint density at radius 2 is 2.06 bits per heavy atom. The molecule has 2 aromatic rings. The summed E-state index contributed by atoms with van der Waals surface area (Å²) in [6.07, 6.45) is 4.43. The lowest BCUT2D eigenvalue weighted by Gasteiger charge is -2.24. The molecule has 2 heterocycles. The van der Waals surface area contributed by atoms with Gasteiger partial charge in [0.2, 0.25) is 0 Å². The SMILES string of the molecule is C=C(c1c[nH]c2cc(N)ccc12)C1CCNCC1. The van der Waals surface area contributed by atoms with Crippen LogP contribution in [0.2, 0.25) is 0 Å². The molecular weight excluding hydrogens is 222 g/mol. The van der Waals surface area contributed by atoms with Gasteiger partial charge in [-0.2, -0.15) is 0 Å². The van der Waals surface area contributed by atoms with Gasteiger partial charge in [-0.3, -0.25) is 0 Å². The molecule has 1 aromatic heterocycles. The molecule has 1 aliphatic rings. The zero-order chi connectivity index (χ0) is 12.5. The number of rotatable bonds is 2. The lowest BCUT2D eigenvalue weighted by molar-refractivity contribution is 0.447. The van der Waals surface area contributed by atoms with Crippen molar-refractivity contribution in [3.05, 3.63) is 36.5 Å². The first-order valence-corrected chi connectivity index (χ1v) is 6.52. The summed E-state index contributed by atoms with van der Waals surface area (Å²) < 4.78 is 0. The highest BCUT2D eigenvalue weighted by molar-refractivity contribution is 5.94. The Morgan fingerprint density at radius 3 is 2.83 bits per heavy atom. The molecule has 3 heteroatoms. The van der Waals surface area contributed by atoms with Gasteiger partial charge in [0.1, 0.15) is 0 Å². The molecule has 18 heavy (non-hydrogen) atoms. The fourth-order valence-corrected chi connectivity index (χ4v) is 2.80. The Kier molecular flexibility index (Phi) is 2.84. The van der Waals surface area contributed by atoms with Crippen LogP contribution in [0.25, 0.3) is 16.5 Å². The Hall–Kier alpha value is -1.74. The molecular formula is C15H19N3. The van der Waals surface area contributed by atoms with Crippen LogP contribution in [0.5, 0.6) is 0 Å². The quantitative estimate of drug-likeness (QED) is 0.708. The number of nitrogen functional groups attached to an aromatic ring is 1. The van der Waals surface area contributed by atoms with Crippen molar-refractivity contribution >= 4 is 22.2 Å². The fraction of sp³-hybridized carbons (Fsp3) is 0.333. The number of fused-ring (bicyclic) bond motifs is 1. The molecule has 0 saturated carbocycles. The van der Waals surface area contributed by atoms with Crippen molar-refractivity contribution in [2.75, 3.05) is 18.8 Å². The molecule has 0 amide bonds. The first kappa shape index (κ1) is 11.4. The van der Waals surface area contributed by atoms with E-state index < -0.39 is 0 Å². The zero-order valence-electron chi connectivity index (χ0n) is 10.5. The Labute approximate surface area is 107 Å². The fourth-order valence-electron chi connectivity index (χ4n) is 2.80. The van der Waals surface area contributed by atoms with Gasteiger partial charge in [0.05, 0.1) is 0 Å². The first-order chi connectivity index (χ1) is 8.75. The minimum absolute atomic E-state index is 0.600. The number of hydrogen-bond donors (Lipinski definition) is 3. The normalized spacial score (nSPS) is 17.1. The van der Waals surface area contributed by atoms with E-state index in [-0.39, 0.29) is 0 Å². The van der Waals surface area contributed by atoms with Gasteiger partial charge < -0.3 is 16.0 Å². The van der Waals surface area contributed by atoms with E-state index in [0.29, 0.717) is 5.92 Å². The number of aromatic amines is 1. The van der Waals surface area contributed by atoms with Gasteiger partial charge in [0.25, 0.3) is 0 Å². The van der Waals surface area contributed by atoms with E-state index in [1.165, 1.54) is 29.4 Å². The summed E-state index contributed by atoms with van der Waals surface area (Å²) in [5.74, 6) is 0.600. The number of benzene rings is 1. The average Bonchev–Trinajstić information content (AvgIpc) is 2.81. The monoisotopic (exact) mass is 241 g/mol. The van der Waals surface area contributed by atoms with E-state index in [9.17, 15) is 0 Å². The standard InChI is InChI=1S/C15H19N3/c1-10(11-4-6-17-7-5-11)14-9-18-15-8-12(16)2-3-13(14)15/h2-3,8-9,11,17-18H,1,4-7,16H2. The summed E-state index contributed by atoms with van der Waals surface area (Å²) in [6, 6.07) is 6.02. The molecule has 0 bridgehead atoms. The number of hydrogen-bond acceptors (Lipinski definition) is 2. The number of nitrogens with one attached hydrogen (secondary N) is 2. The Bertz CT molecular complexity index is 576. The maximum absolute atomic E-state index is 5.80. The van der Waals surface area contributed by atoms with Crippen LogP contribution in [-0.4, -0.2) is 18.1 Å². The van der Waals surface area contributed by atoms with E-state index in [1.54, 1.807) is 0 Å². The smallest absolute Gasteiger partial charge is 0.0480 e. The summed E-state index contributed by atoms with van der Waals surface area (Å²) in [5.41, 5.74) is 10.2. The molecule has 0 radical (unpaired) electrons. The molecule has 94 valence electrons. The third-order valence-corrected chi connectivity index (χ3v) is 3.88. The highest BCUT2D eigenvalue weighted by Gasteiger charge is 2.19. The van der Waals surface area contributed by atoms with Gasteiger partial charge >= 0.3 is 0 Å². The molecule has 4 N–H and O–H groups in total. The molecule has 3 nitrogen and oxygen atoms in total. The largest absolute Gasteiger partial charge is 0.399 e. The van der Waals surface area contributed by atoms with E-state index in [1.807, 2.05) is 12.1 Å². The van der Waals surface area contributed by atoms with Crippen molar-refractivity contribution in [1.82, 2.24) is 10.3 Å². The summed E-state index contributed by atoms with van der Waals surface area (Å²) in [7, 11) is 0. The van der Waals surface area contributed by atoms with Crippen LogP contribution in [-0.2, 0) is 0 Å². The lowest BCUT2D eigenvalue weighted by Crippen LogP contribution is -2.28. The van der Waals surface area contributed by atoms with Crippen LogP contribution in [0, 0.1) is 5.92 Å². The van der Waals surface area contributed by atoms with Gasteiger partial charge in [0.15, 0.2) is 0 Å². The molecule has 0 unspecified atom stereocenters. The van der Waals surface area contributed by atoms with E-state index in [0.717, 1.165) is 24.3 Å². The number of aromatic nitrogens is 1. The van der Waals surface area contributed by atoms with Crippen LogP contribution in [0.3, 0.4) is 0 Å². The minimum atomic E-state index is 0.600. The van der Waals surface area contributed by atoms with Gasteiger partial charge in [-0.15, -0.1) is 0 Å². The second-order valence-electron chi connectivity index (χ2n) is 5.06. The predicted octanol–water partition coefficient (Wildman–Crippen LogP) is 2.76. The van der Waals surface area contributed by atoms with Gasteiger partial charge in [-0.25, -0.2) is 0 Å². The molecule has 0 aliphatic carbocycles. The van der Waals surface area contributed by atoms with Crippen molar-refractivity contribution in [3.63, 3.8) is 0 Å². The van der Waals surface area contributed by atoms with E-state index in [2.05, 4.69) is 29.1 Å². The van der Waals surface area contributed by atoms with Crippen molar-refractivity contribution in [2.45, 2.75) is 12.8 Å². The van der Waals surface area contributed by atoms with E-state index >= 15 is 0 Å². The highest BCUT2D eigenvalue weighted by atomic mass is 14.9. The van der Waals surface area contributed by atoms with Crippen LogP contribution in [0.15, 0.2) is 31.0 Å². The summed E-state index contributed by atoms with van der Waals surface area (Å²) in [5, 5.41) is 4.62.